The molecule has 0 spiro atoms. The third-order valence-corrected chi connectivity index (χ3v) is 14.7. The van der Waals surface area contributed by atoms with Crippen molar-refractivity contribution in [1.82, 2.24) is 4.90 Å². The number of aliphatic hydroxyl groups is 6. The number of nitrogens with zero attached hydrogens (tertiary/aromatic N) is 1. The molecule has 66 heavy (non-hydrogen) atoms. The second-order valence-electron chi connectivity index (χ2n) is 18.7. The summed E-state index contributed by atoms with van der Waals surface area (Å²) in [6.45, 7) is 3.52. The number of carbonyl (C=O) groups excluding carboxylic acids is 5. The van der Waals surface area contributed by atoms with Crippen LogP contribution < -0.4 is 11.5 Å². The highest BCUT2D eigenvalue weighted by Crippen LogP contribution is 2.56. The first-order valence-corrected chi connectivity index (χ1v) is 21.6. The fraction of sp³-hybridized carbons (Fsp3) is 0.429. The largest absolute Gasteiger partial charge is 0.508 e. The molecular formula is C49H50N4O13. The Kier molecular flexibility index (Phi) is 11.1. The molecule has 0 aliphatic heterocycles. The molecule has 3 fully saturated rings. The van der Waals surface area contributed by atoms with Gasteiger partial charge < -0.3 is 62.6 Å². The van der Waals surface area contributed by atoms with Crippen LogP contribution in [0.3, 0.4) is 0 Å². The molecule has 2 aromatic rings. The van der Waals surface area contributed by atoms with E-state index in [2.05, 4.69) is 23.7 Å². The van der Waals surface area contributed by atoms with Crippen LogP contribution in [-0.4, -0.2) is 118 Å². The second-order valence-corrected chi connectivity index (χ2v) is 18.7. The van der Waals surface area contributed by atoms with Gasteiger partial charge in [-0.1, -0.05) is 37.5 Å². The minimum absolute atomic E-state index is 0.0347. The maximum atomic E-state index is 14.2. The molecule has 13 N–H and O–H groups in total. The van der Waals surface area contributed by atoms with Gasteiger partial charge in [0.1, 0.15) is 40.3 Å². The highest BCUT2D eigenvalue weighted by atomic mass is 16.3. The van der Waals surface area contributed by atoms with E-state index in [0.29, 0.717) is 22.3 Å². The Morgan fingerprint density at radius 2 is 1.26 bits per heavy atom. The Morgan fingerprint density at radius 3 is 1.70 bits per heavy atom. The van der Waals surface area contributed by atoms with Gasteiger partial charge >= 0.3 is 0 Å². The zero-order valence-electron chi connectivity index (χ0n) is 36.5. The number of fused-ring (bicyclic) bond motifs is 6. The predicted octanol–water partition coefficient (Wildman–Crippen LogP) is 1.38. The second kappa shape index (κ2) is 16.0. The van der Waals surface area contributed by atoms with Crippen molar-refractivity contribution in [3.8, 4) is 35.2 Å². The molecule has 0 heterocycles. The average molecular weight is 903 g/mol. The first-order chi connectivity index (χ1) is 31.0. The molecule has 2 aromatic carbocycles. The molecule has 0 saturated heterocycles. The maximum Gasteiger partial charge on any atom is 0.254 e. The van der Waals surface area contributed by atoms with Crippen molar-refractivity contribution in [2.24, 2.45) is 52.9 Å². The van der Waals surface area contributed by atoms with E-state index < -0.39 is 111 Å². The molecular weight excluding hydrogens is 853 g/mol. The van der Waals surface area contributed by atoms with Crippen LogP contribution in [0.25, 0.3) is 11.5 Å². The van der Waals surface area contributed by atoms with Crippen molar-refractivity contribution < 1.29 is 64.8 Å². The van der Waals surface area contributed by atoms with Crippen molar-refractivity contribution in [2.75, 3.05) is 14.1 Å². The summed E-state index contributed by atoms with van der Waals surface area (Å²) >= 11 is 0. The summed E-state index contributed by atoms with van der Waals surface area (Å²) in [7, 11) is 3.14. The number of likely N-dealkylation sites (N-methyl/N-ethyl adjacent to an activating group) is 1. The summed E-state index contributed by atoms with van der Waals surface area (Å²) in [5.74, 6) is -3.31. The minimum atomic E-state index is -2.78. The molecule has 6 aliphatic rings. The molecule has 17 heteroatoms. The Bertz CT molecular complexity index is 2830. The summed E-state index contributed by atoms with van der Waals surface area (Å²) in [6.07, 6.45) is -0.976. The van der Waals surface area contributed by atoms with Gasteiger partial charge in [0.25, 0.3) is 5.91 Å². The lowest BCUT2D eigenvalue weighted by atomic mass is 9.54. The smallest absolute Gasteiger partial charge is 0.254 e. The number of aliphatic hydroxyl groups excluding tert-OH is 4. The topological polar surface area (TPSA) is 326 Å². The number of rotatable bonds is 5. The number of carbonyl (C=O) groups is 5. The number of Topliss-reactive ketones (excluding diaryl/α,β-unsaturated/α-hetero) is 3. The lowest BCUT2D eigenvalue weighted by Gasteiger charge is -2.53. The maximum absolute atomic E-state index is 14.2. The standard InChI is InChI=1S/C49H50N4O13/c1-19(2)30-26-17-22-15-24-20(11-13-28(54)33(24)39(56)31(22)42(59)48(26,65)44(61)35(37(30)50)46(51)63)9-7-5-6-8-10-21-12-14-29(55)34-25(21)16-23-18-27-38(53(3)4)41(58)36(47(52)64)45(62)49(27,66)43(60)32(23)40(34)57/h11-14,19,22-23,26-27,30,36,38,41,50,54-58,61,65-66H,5-6,15-18H2,1-4H3,(H2,51,63)(H2,52,64)/t22-,23-,26-,27-,30?,36?,38-,41?,48-,49-/m1/s1. The highest BCUT2D eigenvalue weighted by molar-refractivity contribution is 6.26. The number of primary amides is 2. The third-order valence-electron chi connectivity index (χ3n) is 14.7. The number of hydrogen-bond donors (Lipinski definition) is 11. The number of hydrogen-bond acceptors (Lipinski definition) is 15. The van der Waals surface area contributed by atoms with Gasteiger partial charge in [-0.3, -0.25) is 24.0 Å². The zero-order valence-corrected chi connectivity index (χ0v) is 36.5. The predicted molar refractivity (Wildman–Crippen MR) is 235 cm³/mol. The monoisotopic (exact) mass is 902 g/mol. The Labute approximate surface area is 378 Å². The van der Waals surface area contributed by atoms with E-state index in [-0.39, 0.29) is 83.9 Å². The van der Waals surface area contributed by atoms with Crippen LogP contribution in [0.4, 0.5) is 0 Å². The van der Waals surface area contributed by atoms with Crippen LogP contribution in [0.15, 0.2) is 46.7 Å². The van der Waals surface area contributed by atoms with Crippen LogP contribution in [0, 0.1) is 70.5 Å². The molecule has 2 amide bonds. The van der Waals surface area contributed by atoms with Crippen LogP contribution in [0.1, 0.15) is 72.9 Å². The van der Waals surface area contributed by atoms with Gasteiger partial charge in [-0.15, -0.1) is 0 Å². The molecule has 3 saturated carbocycles. The number of nitrogens with two attached hydrogens (primary N) is 2. The summed E-state index contributed by atoms with van der Waals surface area (Å²) in [5, 5.41) is 99.9. The average Bonchev–Trinajstić information content (AvgIpc) is 3.22. The number of benzene rings is 2. The quantitative estimate of drug-likeness (QED) is 0.115. The van der Waals surface area contributed by atoms with Crippen LogP contribution in [-0.2, 0) is 36.8 Å². The summed E-state index contributed by atoms with van der Waals surface area (Å²) in [4.78, 5) is 68.2. The van der Waals surface area contributed by atoms with Crippen molar-refractivity contribution in [1.29, 1.82) is 5.41 Å². The fourth-order valence-corrected chi connectivity index (χ4v) is 11.8. The van der Waals surface area contributed by atoms with Crippen LogP contribution in [0.5, 0.6) is 11.5 Å². The number of phenols is 2. The molecule has 17 nitrogen and oxygen atoms in total. The van der Waals surface area contributed by atoms with Crippen LogP contribution in [0.2, 0.25) is 0 Å². The Hall–Kier alpha value is -6.76. The highest BCUT2D eigenvalue weighted by Gasteiger charge is 2.68. The third kappa shape index (κ3) is 6.40. The Balaban J connectivity index is 1.06. The number of nitrogens with one attached hydrogen (secondary N) is 1. The Morgan fingerprint density at radius 1 is 0.788 bits per heavy atom. The van der Waals surface area contributed by atoms with E-state index in [1.54, 1.807) is 40.1 Å². The van der Waals surface area contributed by atoms with Gasteiger partial charge in [-0.2, -0.15) is 0 Å². The lowest BCUT2D eigenvalue weighted by molar-refractivity contribution is -0.184. The lowest BCUT2D eigenvalue weighted by Crippen LogP contribution is -2.73. The van der Waals surface area contributed by atoms with E-state index in [1.165, 1.54) is 17.0 Å². The van der Waals surface area contributed by atoms with E-state index in [1.807, 2.05) is 0 Å². The van der Waals surface area contributed by atoms with Gasteiger partial charge in [-0.05, 0) is 92.9 Å². The van der Waals surface area contributed by atoms with Gasteiger partial charge in [0.05, 0.1) is 22.9 Å². The first-order valence-electron chi connectivity index (χ1n) is 21.6. The fourth-order valence-electron chi connectivity index (χ4n) is 11.8. The van der Waals surface area contributed by atoms with Crippen molar-refractivity contribution >= 4 is 46.4 Å². The van der Waals surface area contributed by atoms with Gasteiger partial charge in [0.2, 0.25) is 17.5 Å². The summed E-state index contributed by atoms with van der Waals surface area (Å²) in [6, 6.07) is 4.69. The number of phenolic OH excluding ortho intramolecular Hbond substituents is 2. The number of aromatic hydroxyl groups is 2. The summed E-state index contributed by atoms with van der Waals surface area (Å²) in [5.41, 5.74) is 5.69. The van der Waals surface area contributed by atoms with E-state index in [0.717, 1.165) is 0 Å². The van der Waals surface area contributed by atoms with E-state index >= 15 is 0 Å². The molecule has 0 bridgehead atoms. The number of ketones is 3. The van der Waals surface area contributed by atoms with E-state index in [9.17, 15) is 64.8 Å². The number of amides is 2. The molecule has 344 valence electrons. The number of unbranched alkanes of at least 4 members (excludes halogenated alkanes) is 1. The van der Waals surface area contributed by atoms with Crippen molar-refractivity contribution in [3.63, 3.8) is 0 Å². The zero-order chi connectivity index (χ0) is 48.2. The van der Waals surface area contributed by atoms with Crippen molar-refractivity contribution in [3.05, 3.63) is 80.1 Å². The first kappa shape index (κ1) is 45.8. The SMILES string of the molecule is CC(C)C1C(=N)C(C(N)=O)=C(O)[C@]2(O)C(=O)C3=C(O)c4c(O)ccc(C#CCCC#Cc5ccc(O)c6c5C[C@@H]5C[C@@H]7[C@@H](N(C)C)C(O)C(C(N)=O)C(=O)[C@]7(O)C(=O)C5=C6O)c4C[C@@H]3C[C@H]12. The van der Waals surface area contributed by atoms with Gasteiger partial charge in [-0.25, -0.2) is 0 Å². The van der Waals surface area contributed by atoms with Gasteiger partial charge in [0.15, 0.2) is 17.0 Å². The molecule has 0 aromatic heterocycles. The van der Waals surface area contributed by atoms with Gasteiger partial charge in [0, 0.05) is 58.9 Å². The molecule has 8 rings (SSSR count). The van der Waals surface area contributed by atoms with Crippen LogP contribution >= 0.6 is 0 Å². The molecule has 6 aliphatic carbocycles. The summed E-state index contributed by atoms with van der Waals surface area (Å²) < 4.78 is 0. The molecule has 3 unspecified atom stereocenters. The van der Waals surface area contributed by atoms with Crippen molar-refractivity contribution in [2.45, 2.75) is 75.7 Å². The van der Waals surface area contributed by atoms with E-state index in [4.69, 9.17) is 16.9 Å². The minimum Gasteiger partial charge on any atom is -0.508 e. The molecule has 0 radical (unpaired) electrons. The molecule has 10 atom stereocenters. The normalized spacial score (nSPS) is 31.2.